The van der Waals surface area contributed by atoms with Gasteiger partial charge in [-0.25, -0.2) is 4.98 Å². The predicted octanol–water partition coefficient (Wildman–Crippen LogP) is 1.09. The maximum absolute atomic E-state index is 12.3. The van der Waals surface area contributed by atoms with Gasteiger partial charge in [-0.05, 0) is 31.2 Å². The van der Waals surface area contributed by atoms with Crippen LogP contribution < -0.4 is 10.6 Å². The second-order valence-corrected chi connectivity index (χ2v) is 5.97. The first-order chi connectivity index (χ1) is 12.3. The molecule has 0 saturated heterocycles. The van der Waals surface area contributed by atoms with Crippen LogP contribution in [0.3, 0.4) is 0 Å². The van der Waals surface area contributed by atoms with Crippen LogP contribution >= 0.6 is 0 Å². The Morgan fingerprint density at radius 1 is 1.28 bits per heavy atom. The minimum absolute atomic E-state index is 0.120. The number of fused-ring (bicyclic) bond motifs is 1. The zero-order valence-electron chi connectivity index (χ0n) is 13.7. The molecule has 0 saturated carbocycles. The molecule has 3 aromatic rings. The average molecular weight is 337 g/mol. The summed E-state index contributed by atoms with van der Waals surface area (Å²) < 4.78 is 2.02. The number of aromatic amines is 1. The van der Waals surface area contributed by atoms with Gasteiger partial charge in [0.15, 0.2) is 5.82 Å². The van der Waals surface area contributed by atoms with Crippen molar-refractivity contribution in [2.24, 2.45) is 0 Å². The van der Waals surface area contributed by atoms with E-state index in [2.05, 4.69) is 30.9 Å². The molecule has 1 aromatic carbocycles. The average Bonchev–Trinajstić information content (AvgIpc) is 3.26. The summed E-state index contributed by atoms with van der Waals surface area (Å²) in [5, 5.41) is 17.5. The third kappa shape index (κ3) is 3.43. The van der Waals surface area contributed by atoms with Gasteiger partial charge in [-0.1, -0.05) is 12.1 Å². The number of aromatic nitrogens is 5. The van der Waals surface area contributed by atoms with Gasteiger partial charge in [0.1, 0.15) is 6.33 Å². The molecule has 0 fully saturated rings. The fourth-order valence-electron chi connectivity index (χ4n) is 2.90. The number of H-pyrrole nitrogens is 1. The minimum Gasteiger partial charge on any atom is -0.346 e. The van der Waals surface area contributed by atoms with E-state index in [4.69, 9.17) is 0 Å². The van der Waals surface area contributed by atoms with Gasteiger partial charge in [-0.15, -0.1) is 0 Å². The van der Waals surface area contributed by atoms with Crippen molar-refractivity contribution in [3.63, 3.8) is 0 Å². The van der Waals surface area contributed by atoms with Crippen LogP contribution in [0.4, 0.5) is 0 Å². The Morgan fingerprint density at radius 2 is 2.16 bits per heavy atom. The van der Waals surface area contributed by atoms with Crippen molar-refractivity contribution in [2.75, 3.05) is 6.54 Å². The lowest BCUT2D eigenvalue weighted by atomic mass is 10.1. The van der Waals surface area contributed by atoms with Gasteiger partial charge in [-0.2, -0.15) is 10.2 Å². The van der Waals surface area contributed by atoms with Crippen LogP contribution in [-0.4, -0.2) is 37.4 Å². The molecule has 0 bridgehead atoms. The zero-order valence-corrected chi connectivity index (χ0v) is 13.7. The Bertz CT molecular complexity index is 828. The maximum Gasteiger partial charge on any atom is 0.251 e. The third-order valence-corrected chi connectivity index (χ3v) is 4.21. The second kappa shape index (κ2) is 6.86. The molecule has 4 rings (SSSR count). The Labute approximate surface area is 144 Å². The lowest BCUT2D eigenvalue weighted by Crippen LogP contribution is -2.23. The zero-order chi connectivity index (χ0) is 17.1. The predicted molar refractivity (Wildman–Crippen MR) is 91.5 cm³/mol. The van der Waals surface area contributed by atoms with Gasteiger partial charge in [0.25, 0.3) is 5.91 Å². The number of nitrogens with one attached hydrogen (secondary N) is 3. The smallest absolute Gasteiger partial charge is 0.251 e. The van der Waals surface area contributed by atoms with E-state index in [1.54, 1.807) is 12.1 Å². The van der Waals surface area contributed by atoms with E-state index in [0.717, 1.165) is 43.0 Å². The second-order valence-electron chi connectivity index (χ2n) is 5.97. The van der Waals surface area contributed by atoms with E-state index in [9.17, 15) is 4.79 Å². The number of carbonyl (C=O) groups excluding carboxylic acids is 1. The number of rotatable bonds is 4. The lowest BCUT2D eigenvalue weighted by Gasteiger charge is -2.04. The third-order valence-electron chi connectivity index (χ3n) is 4.21. The van der Waals surface area contributed by atoms with E-state index in [1.807, 2.05) is 22.9 Å². The molecule has 8 nitrogen and oxygen atoms in total. The van der Waals surface area contributed by atoms with Gasteiger partial charge in [0.05, 0.1) is 17.9 Å². The molecule has 0 atom stereocenters. The summed E-state index contributed by atoms with van der Waals surface area (Å²) in [4.78, 5) is 16.4. The highest BCUT2D eigenvalue weighted by atomic mass is 16.1. The lowest BCUT2D eigenvalue weighted by molar-refractivity contribution is 0.0950. The van der Waals surface area contributed by atoms with Crippen LogP contribution in [0.15, 0.2) is 36.7 Å². The molecule has 1 aliphatic heterocycles. The normalized spacial score (nSPS) is 13.9. The summed E-state index contributed by atoms with van der Waals surface area (Å²) in [7, 11) is 0. The number of aryl methyl sites for hydroxylation is 1. The van der Waals surface area contributed by atoms with Crippen LogP contribution in [0.1, 0.15) is 28.2 Å². The molecule has 0 aliphatic carbocycles. The number of hydrogen-bond donors (Lipinski definition) is 3. The Kier molecular flexibility index (Phi) is 4.26. The largest absolute Gasteiger partial charge is 0.346 e. The summed E-state index contributed by atoms with van der Waals surface area (Å²) in [5.74, 6) is 0.561. The number of benzene rings is 1. The quantitative estimate of drug-likeness (QED) is 0.662. The topological polar surface area (TPSA) is 101 Å². The first-order valence-corrected chi connectivity index (χ1v) is 8.30. The molecule has 25 heavy (non-hydrogen) atoms. The molecule has 0 unspecified atom stereocenters. The summed E-state index contributed by atoms with van der Waals surface area (Å²) >= 11 is 0. The minimum atomic E-state index is -0.120. The van der Waals surface area contributed by atoms with E-state index in [1.165, 1.54) is 6.33 Å². The van der Waals surface area contributed by atoms with Crippen molar-refractivity contribution in [1.82, 2.24) is 35.6 Å². The highest BCUT2D eigenvalue weighted by Crippen LogP contribution is 2.14. The van der Waals surface area contributed by atoms with E-state index < -0.39 is 0 Å². The van der Waals surface area contributed by atoms with Gasteiger partial charge >= 0.3 is 0 Å². The van der Waals surface area contributed by atoms with Crippen molar-refractivity contribution in [2.45, 2.75) is 26.1 Å². The van der Waals surface area contributed by atoms with E-state index >= 15 is 0 Å². The first kappa shape index (κ1) is 15.5. The molecule has 2 aromatic heterocycles. The summed E-state index contributed by atoms with van der Waals surface area (Å²) in [6.45, 7) is 3.17. The van der Waals surface area contributed by atoms with Crippen LogP contribution in [0.5, 0.6) is 0 Å². The van der Waals surface area contributed by atoms with Gasteiger partial charge in [0, 0.05) is 24.2 Å². The number of carbonyl (C=O) groups is 1. The monoisotopic (exact) mass is 337 g/mol. The van der Waals surface area contributed by atoms with E-state index in [-0.39, 0.29) is 5.91 Å². The fraction of sp³-hybridized carbons (Fsp3) is 0.294. The molecule has 1 aliphatic rings. The Hall–Kier alpha value is -3.00. The highest BCUT2D eigenvalue weighted by molar-refractivity contribution is 5.94. The Morgan fingerprint density at radius 3 is 2.96 bits per heavy atom. The van der Waals surface area contributed by atoms with Crippen molar-refractivity contribution >= 4 is 5.91 Å². The molecular weight excluding hydrogens is 318 g/mol. The molecule has 8 heteroatoms. The van der Waals surface area contributed by atoms with Crippen molar-refractivity contribution < 1.29 is 4.79 Å². The van der Waals surface area contributed by atoms with Crippen molar-refractivity contribution in [3.8, 4) is 11.4 Å². The standard InChI is InChI=1S/C17H19N7O/c25-17(13-4-2-12(3-5-13)16-20-11-21-22-16)19-9-14-8-15-10-18-6-1-7-24(15)23-14/h2-5,8,11,18H,1,6-7,9-10H2,(H,19,25)(H,20,21,22). The van der Waals surface area contributed by atoms with Crippen LogP contribution in [0, 0.1) is 0 Å². The summed E-state index contributed by atoms with van der Waals surface area (Å²) in [6.07, 6.45) is 2.52. The molecule has 3 heterocycles. The number of nitrogens with zero attached hydrogens (tertiary/aromatic N) is 4. The van der Waals surface area contributed by atoms with Gasteiger partial charge in [0.2, 0.25) is 0 Å². The highest BCUT2D eigenvalue weighted by Gasteiger charge is 2.12. The van der Waals surface area contributed by atoms with E-state index in [0.29, 0.717) is 17.9 Å². The van der Waals surface area contributed by atoms with Crippen LogP contribution in [-0.2, 0) is 19.6 Å². The first-order valence-electron chi connectivity index (χ1n) is 8.30. The molecule has 0 radical (unpaired) electrons. The van der Waals surface area contributed by atoms with Gasteiger partial charge < -0.3 is 10.6 Å². The Balaban J connectivity index is 1.39. The molecule has 0 spiro atoms. The summed E-state index contributed by atoms with van der Waals surface area (Å²) in [6, 6.07) is 9.30. The fourth-order valence-corrected chi connectivity index (χ4v) is 2.90. The van der Waals surface area contributed by atoms with Gasteiger partial charge in [-0.3, -0.25) is 14.6 Å². The summed E-state index contributed by atoms with van der Waals surface area (Å²) in [5.41, 5.74) is 3.54. The molecule has 1 amide bonds. The molecule has 3 N–H and O–H groups in total. The van der Waals surface area contributed by atoms with Crippen molar-refractivity contribution in [3.05, 3.63) is 53.6 Å². The number of hydrogen-bond acceptors (Lipinski definition) is 5. The molecule has 128 valence electrons. The van der Waals surface area contributed by atoms with Crippen LogP contribution in [0.25, 0.3) is 11.4 Å². The SMILES string of the molecule is O=C(NCc1cc2n(n1)CCCNC2)c1ccc(-c2ncn[nH]2)cc1. The molecular formula is C17H19N7O. The number of amides is 1. The van der Waals surface area contributed by atoms with Crippen LogP contribution in [0.2, 0.25) is 0 Å². The maximum atomic E-state index is 12.3. The van der Waals surface area contributed by atoms with Crippen molar-refractivity contribution in [1.29, 1.82) is 0 Å².